The van der Waals surface area contributed by atoms with Gasteiger partial charge in [0, 0.05) is 12.5 Å². The molecule has 0 saturated carbocycles. The van der Waals surface area contributed by atoms with Gasteiger partial charge in [-0.3, -0.25) is 11.3 Å². The first-order valence-corrected chi connectivity index (χ1v) is 6.51. The average molecular weight is 266 g/mol. The Morgan fingerprint density at radius 3 is 2.58 bits per heavy atom. The van der Waals surface area contributed by atoms with E-state index in [2.05, 4.69) is 12.3 Å². The Morgan fingerprint density at radius 2 is 2.05 bits per heavy atom. The number of benzene rings is 1. The quantitative estimate of drug-likeness (QED) is 0.626. The van der Waals surface area contributed by atoms with Crippen molar-refractivity contribution in [3.63, 3.8) is 0 Å². The lowest BCUT2D eigenvalue weighted by Crippen LogP contribution is -2.36. The van der Waals surface area contributed by atoms with Crippen LogP contribution in [0.4, 0.5) is 0 Å². The smallest absolute Gasteiger partial charge is 0.161 e. The molecule has 0 radical (unpaired) electrons. The average Bonchev–Trinajstić information content (AvgIpc) is 2.86. The zero-order valence-electron chi connectivity index (χ0n) is 11.7. The Bertz CT molecular complexity index is 425. The number of hydrazine groups is 1. The normalized spacial score (nSPS) is 24.2. The maximum absolute atomic E-state index is 5.73. The number of nitrogens with one attached hydrogen (secondary N) is 1. The summed E-state index contributed by atoms with van der Waals surface area (Å²) in [5.41, 5.74) is 3.99. The van der Waals surface area contributed by atoms with E-state index in [1.165, 1.54) is 0 Å². The van der Waals surface area contributed by atoms with Crippen molar-refractivity contribution in [2.24, 2.45) is 11.8 Å². The molecule has 0 amide bonds. The fraction of sp³-hybridized carbons (Fsp3) is 0.571. The molecule has 3 atom stereocenters. The molecule has 0 aromatic heterocycles. The van der Waals surface area contributed by atoms with Crippen molar-refractivity contribution in [1.82, 2.24) is 5.43 Å². The minimum absolute atomic E-state index is 0.0531. The molecule has 1 aromatic carbocycles. The van der Waals surface area contributed by atoms with Gasteiger partial charge in [-0.2, -0.15) is 0 Å². The van der Waals surface area contributed by atoms with Crippen LogP contribution < -0.4 is 20.7 Å². The molecule has 5 heteroatoms. The third-order valence-electron chi connectivity index (χ3n) is 3.81. The van der Waals surface area contributed by atoms with Crippen LogP contribution in [-0.4, -0.2) is 26.9 Å². The third-order valence-corrected chi connectivity index (χ3v) is 3.81. The Kier molecular flexibility index (Phi) is 4.63. The second-order valence-electron chi connectivity index (χ2n) is 4.79. The molecule has 0 spiro atoms. The molecule has 1 saturated heterocycles. The van der Waals surface area contributed by atoms with Gasteiger partial charge in [0.25, 0.3) is 0 Å². The van der Waals surface area contributed by atoms with Gasteiger partial charge in [-0.25, -0.2) is 0 Å². The van der Waals surface area contributed by atoms with E-state index in [1.54, 1.807) is 14.2 Å². The molecule has 1 heterocycles. The molecule has 1 aliphatic heterocycles. The highest BCUT2D eigenvalue weighted by atomic mass is 16.5. The van der Waals surface area contributed by atoms with Crippen molar-refractivity contribution >= 4 is 0 Å². The van der Waals surface area contributed by atoms with Gasteiger partial charge in [0.15, 0.2) is 11.5 Å². The third kappa shape index (κ3) is 2.83. The summed E-state index contributed by atoms with van der Waals surface area (Å²) in [5, 5.41) is 0. The Balaban J connectivity index is 2.27. The standard InChI is InChI=1S/C14H22N2O3/c1-9-11(6-7-19-9)14(16-15)10-4-5-12(17-2)13(8-10)18-3/h4-5,8-9,11,14,16H,6-7,15H2,1-3H3. The molecule has 1 fully saturated rings. The number of methoxy groups -OCH3 is 2. The largest absolute Gasteiger partial charge is 0.493 e. The van der Waals surface area contributed by atoms with Crippen LogP contribution in [0.25, 0.3) is 0 Å². The van der Waals surface area contributed by atoms with Gasteiger partial charge in [-0.15, -0.1) is 0 Å². The first-order chi connectivity index (χ1) is 9.21. The number of nitrogens with two attached hydrogens (primary N) is 1. The van der Waals surface area contributed by atoms with Crippen LogP contribution in [0, 0.1) is 5.92 Å². The zero-order chi connectivity index (χ0) is 13.8. The van der Waals surface area contributed by atoms with Crippen molar-refractivity contribution < 1.29 is 14.2 Å². The van der Waals surface area contributed by atoms with Crippen molar-refractivity contribution in [2.75, 3.05) is 20.8 Å². The minimum atomic E-state index is 0.0531. The van der Waals surface area contributed by atoms with E-state index in [0.717, 1.165) is 24.3 Å². The molecule has 106 valence electrons. The predicted molar refractivity (Wildman–Crippen MR) is 73.1 cm³/mol. The first-order valence-electron chi connectivity index (χ1n) is 6.51. The van der Waals surface area contributed by atoms with Gasteiger partial charge in [-0.1, -0.05) is 6.07 Å². The van der Waals surface area contributed by atoms with Crippen LogP contribution in [-0.2, 0) is 4.74 Å². The van der Waals surface area contributed by atoms with E-state index < -0.39 is 0 Å². The Morgan fingerprint density at radius 1 is 1.32 bits per heavy atom. The van der Waals surface area contributed by atoms with Gasteiger partial charge in [0.05, 0.1) is 26.4 Å². The van der Waals surface area contributed by atoms with Crippen LogP contribution in [0.3, 0.4) is 0 Å². The van der Waals surface area contributed by atoms with Crippen LogP contribution in [0.5, 0.6) is 11.5 Å². The second-order valence-corrected chi connectivity index (χ2v) is 4.79. The molecule has 5 nitrogen and oxygen atoms in total. The lowest BCUT2D eigenvalue weighted by Gasteiger charge is -2.26. The van der Waals surface area contributed by atoms with Crippen molar-refractivity contribution in [1.29, 1.82) is 0 Å². The summed E-state index contributed by atoms with van der Waals surface area (Å²) in [6, 6.07) is 5.93. The van der Waals surface area contributed by atoms with Crippen LogP contribution in [0.2, 0.25) is 0 Å². The van der Waals surface area contributed by atoms with E-state index >= 15 is 0 Å². The van der Waals surface area contributed by atoms with E-state index in [1.807, 2.05) is 18.2 Å². The Hall–Kier alpha value is -1.30. The van der Waals surface area contributed by atoms with Crippen molar-refractivity contribution in [2.45, 2.75) is 25.5 Å². The maximum Gasteiger partial charge on any atom is 0.161 e. The van der Waals surface area contributed by atoms with Gasteiger partial charge in [0.2, 0.25) is 0 Å². The van der Waals surface area contributed by atoms with E-state index in [9.17, 15) is 0 Å². The molecular weight excluding hydrogens is 244 g/mol. The van der Waals surface area contributed by atoms with Gasteiger partial charge in [0.1, 0.15) is 0 Å². The van der Waals surface area contributed by atoms with Crippen LogP contribution in [0.15, 0.2) is 18.2 Å². The van der Waals surface area contributed by atoms with Crippen molar-refractivity contribution in [3.8, 4) is 11.5 Å². The van der Waals surface area contributed by atoms with Gasteiger partial charge >= 0.3 is 0 Å². The molecule has 3 unspecified atom stereocenters. The summed E-state index contributed by atoms with van der Waals surface area (Å²) in [6.07, 6.45) is 1.21. The molecule has 2 rings (SSSR count). The summed E-state index contributed by atoms with van der Waals surface area (Å²) < 4.78 is 16.2. The minimum Gasteiger partial charge on any atom is -0.493 e. The predicted octanol–water partition coefficient (Wildman–Crippen LogP) is 1.63. The summed E-state index contributed by atoms with van der Waals surface area (Å²) in [6.45, 7) is 2.88. The highest BCUT2D eigenvalue weighted by Gasteiger charge is 2.32. The van der Waals surface area contributed by atoms with E-state index in [-0.39, 0.29) is 12.1 Å². The molecule has 19 heavy (non-hydrogen) atoms. The van der Waals surface area contributed by atoms with Crippen molar-refractivity contribution in [3.05, 3.63) is 23.8 Å². The summed E-state index contributed by atoms with van der Waals surface area (Å²) >= 11 is 0. The first kappa shape index (κ1) is 14.1. The van der Waals surface area contributed by atoms with Crippen LogP contribution >= 0.6 is 0 Å². The van der Waals surface area contributed by atoms with Gasteiger partial charge in [-0.05, 0) is 31.0 Å². The fourth-order valence-corrected chi connectivity index (χ4v) is 2.70. The van der Waals surface area contributed by atoms with Gasteiger partial charge < -0.3 is 14.2 Å². The lowest BCUT2D eigenvalue weighted by atomic mass is 9.88. The zero-order valence-corrected chi connectivity index (χ0v) is 11.7. The SMILES string of the molecule is COc1ccc(C(NN)C2CCOC2C)cc1OC. The highest BCUT2D eigenvalue weighted by molar-refractivity contribution is 5.44. The lowest BCUT2D eigenvalue weighted by molar-refractivity contribution is 0.0953. The maximum atomic E-state index is 5.73. The fourth-order valence-electron chi connectivity index (χ4n) is 2.70. The molecule has 0 bridgehead atoms. The molecule has 3 N–H and O–H groups in total. The topological polar surface area (TPSA) is 65.7 Å². The molecular formula is C14H22N2O3. The Labute approximate surface area is 114 Å². The number of hydrogen-bond acceptors (Lipinski definition) is 5. The number of hydrogen-bond donors (Lipinski definition) is 2. The van der Waals surface area contributed by atoms with E-state index in [4.69, 9.17) is 20.1 Å². The summed E-state index contributed by atoms with van der Waals surface area (Å²) in [4.78, 5) is 0. The molecule has 1 aromatic rings. The molecule has 0 aliphatic carbocycles. The van der Waals surface area contributed by atoms with E-state index in [0.29, 0.717) is 11.7 Å². The monoisotopic (exact) mass is 266 g/mol. The highest BCUT2D eigenvalue weighted by Crippen LogP contribution is 2.36. The van der Waals surface area contributed by atoms with Crippen LogP contribution in [0.1, 0.15) is 24.9 Å². The summed E-state index contributed by atoms with van der Waals surface area (Å²) in [5.74, 6) is 7.53. The summed E-state index contributed by atoms with van der Waals surface area (Å²) in [7, 11) is 3.26. The number of ether oxygens (including phenoxy) is 3. The number of rotatable bonds is 5. The second kappa shape index (κ2) is 6.23. The molecule has 1 aliphatic rings.